The topological polar surface area (TPSA) is 58.1 Å². The predicted octanol–water partition coefficient (Wildman–Crippen LogP) is 5.68. The molecule has 7 heteroatoms. The lowest BCUT2D eigenvalue weighted by atomic mass is 10.1. The standard InChI is InChI=1S/C23H18Cl2N4O/c1-29(14-20(30)27-21-17(24)11-7-12-18(21)25)23-16-10-5-6-13-19(16)26-22(28-23)15-8-3-2-4-9-15/h2-13H,14H2,1H3,(H,27,30). The lowest BCUT2D eigenvalue weighted by Gasteiger charge is -2.20. The van der Waals surface area contributed by atoms with Gasteiger partial charge in [-0.1, -0.05) is 71.7 Å². The highest BCUT2D eigenvalue weighted by Gasteiger charge is 2.16. The highest BCUT2D eigenvalue weighted by atomic mass is 35.5. The third-order valence-electron chi connectivity index (χ3n) is 4.58. The first-order valence-corrected chi connectivity index (χ1v) is 10.1. The van der Waals surface area contributed by atoms with Crippen LogP contribution in [0.1, 0.15) is 0 Å². The number of likely N-dealkylation sites (N-methyl/N-ethyl adjacent to an activating group) is 1. The quantitative estimate of drug-likeness (QED) is 0.437. The van der Waals surface area contributed by atoms with Crippen molar-refractivity contribution in [2.24, 2.45) is 0 Å². The number of anilines is 2. The molecule has 150 valence electrons. The van der Waals surface area contributed by atoms with Crippen LogP contribution in [0.5, 0.6) is 0 Å². The fourth-order valence-electron chi connectivity index (χ4n) is 3.15. The molecular formula is C23H18Cl2N4O. The van der Waals surface area contributed by atoms with Gasteiger partial charge in [0.2, 0.25) is 5.91 Å². The van der Waals surface area contributed by atoms with Crippen LogP contribution in [0, 0.1) is 0 Å². The molecule has 0 aliphatic carbocycles. The summed E-state index contributed by atoms with van der Waals surface area (Å²) < 4.78 is 0. The third kappa shape index (κ3) is 4.22. The zero-order valence-corrected chi connectivity index (χ0v) is 17.7. The highest BCUT2D eigenvalue weighted by molar-refractivity contribution is 6.39. The van der Waals surface area contributed by atoms with Crippen LogP contribution < -0.4 is 10.2 Å². The minimum Gasteiger partial charge on any atom is -0.350 e. The van der Waals surface area contributed by atoms with Crippen molar-refractivity contribution in [3.8, 4) is 11.4 Å². The molecule has 1 N–H and O–H groups in total. The first kappa shape index (κ1) is 20.1. The molecule has 0 spiro atoms. The van der Waals surface area contributed by atoms with Crippen molar-refractivity contribution in [3.63, 3.8) is 0 Å². The van der Waals surface area contributed by atoms with Crippen LogP contribution >= 0.6 is 23.2 Å². The number of benzene rings is 3. The van der Waals surface area contributed by atoms with E-state index in [0.717, 1.165) is 16.5 Å². The SMILES string of the molecule is CN(CC(=O)Nc1c(Cl)cccc1Cl)c1nc(-c2ccccc2)nc2ccccc12. The van der Waals surface area contributed by atoms with Gasteiger partial charge in [0, 0.05) is 18.0 Å². The summed E-state index contributed by atoms with van der Waals surface area (Å²) in [4.78, 5) is 23.9. The van der Waals surface area contributed by atoms with Gasteiger partial charge >= 0.3 is 0 Å². The van der Waals surface area contributed by atoms with Crippen LogP contribution in [0.25, 0.3) is 22.3 Å². The average Bonchev–Trinajstić information content (AvgIpc) is 2.76. The van der Waals surface area contributed by atoms with E-state index in [1.54, 1.807) is 23.1 Å². The van der Waals surface area contributed by atoms with Gasteiger partial charge in [0.1, 0.15) is 5.82 Å². The molecule has 4 aromatic rings. The van der Waals surface area contributed by atoms with E-state index in [2.05, 4.69) is 10.3 Å². The van der Waals surface area contributed by atoms with Gasteiger partial charge in [0.15, 0.2) is 5.82 Å². The van der Waals surface area contributed by atoms with Crippen molar-refractivity contribution in [1.82, 2.24) is 9.97 Å². The fraction of sp³-hybridized carbons (Fsp3) is 0.0870. The summed E-state index contributed by atoms with van der Waals surface area (Å²) in [5.74, 6) is 1.02. The van der Waals surface area contributed by atoms with E-state index in [0.29, 0.717) is 27.4 Å². The Balaban J connectivity index is 1.65. The second-order valence-corrected chi connectivity index (χ2v) is 7.57. The third-order valence-corrected chi connectivity index (χ3v) is 5.21. The zero-order valence-electron chi connectivity index (χ0n) is 16.1. The number of fused-ring (bicyclic) bond motifs is 1. The monoisotopic (exact) mass is 436 g/mol. The second kappa shape index (κ2) is 8.69. The summed E-state index contributed by atoms with van der Waals surface area (Å²) in [7, 11) is 1.82. The largest absolute Gasteiger partial charge is 0.350 e. The lowest BCUT2D eigenvalue weighted by molar-refractivity contribution is -0.114. The molecule has 0 saturated carbocycles. The van der Waals surface area contributed by atoms with Gasteiger partial charge in [-0.3, -0.25) is 4.79 Å². The Kier molecular flexibility index (Phi) is 5.84. The maximum Gasteiger partial charge on any atom is 0.244 e. The Morgan fingerprint density at radius 3 is 2.30 bits per heavy atom. The van der Waals surface area contributed by atoms with Gasteiger partial charge in [-0.05, 0) is 24.3 Å². The Hall–Kier alpha value is -3.15. The Bertz CT molecular complexity index is 1190. The molecule has 0 aliphatic rings. The molecule has 5 nitrogen and oxygen atoms in total. The molecule has 0 aliphatic heterocycles. The molecule has 4 rings (SSSR count). The molecule has 0 saturated heterocycles. The Labute approximate surface area is 184 Å². The van der Waals surface area contributed by atoms with Gasteiger partial charge in [0.05, 0.1) is 27.8 Å². The van der Waals surface area contributed by atoms with Crippen LogP contribution in [0.3, 0.4) is 0 Å². The maximum atomic E-state index is 12.7. The molecule has 0 fully saturated rings. The van der Waals surface area contributed by atoms with E-state index in [1.807, 2.05) is 61.6 Å². The lowest BCUT2D eigenvalue weighted by Crippen LogP contribution is -2.31. The number of halogens is 2. The predicted molar refractivity (Wildman–Crippen MR) is 123 cm³/mol. The van der Waals surface area contributed by atoms with Gasteiger partial charge in [-0.25, -0.2) is 9.97 Å². The molecule has 1 aromatic heterocycles. The Morgan fingerprint density at radius 1 is 0.900 bits per heavy atom. The van der Waals surface area contributed by atoms with Crippen molar-refractivity contribution >= 4 is 51.5 Å². The first-order chi connectivity index (χ1) is 14.5. The maximum absolute atomic E-state index is 12.7. The number of aromatic nitrogens is 2. The van der Waals surface area contributed by atoms with Crippen LogP contribution in [-0.2, 0) is 4.79 Å². The van der Waals surface area contributed by atoms with Crippen molar-refractivity contribution in [2.75, 3.05) is 23.8 Å². The zero-order chi connectivity index (χ0) is 21.1. The summed E-state index contributed by atoms with van der Waals surface area (Å²) in [6.45, 7) is 0.0663. The minimum absolute atomic E-state index is 0.0663. The van der Waals surface area contributed by atoms with Crippen molar-refractivity contribution in [2.45, 2.75) is 0 Å². The normalized spacial score (nSPS) is 10.8. The summed E-state index contributed by atoms with van der Waals surface area (Å²) in [5.41, 5.74) is 2.12. The van der Waals surface area contributed by atoms with Gasteiger partial charge in [-0.2, -0.15) is 0 Å². The summed E-state index contributed by atoms with van der Waals surface area (Å²) in [5, 5.41) is 4.42. The molecule has 0 bridgehead atoms. The van der Waals surface area contributed by atoms with Gasteiger partial charge in [0.25, 0.3) is 0 Å². The van der Waals surface area contributed by atoms with Crippen molar-refractivity contribution in [3.05, 3.63) is 82.8 Å². The molecule has 1 amide bonds. The van der Waals surface area contributed by atoms with E-state index < -0.39 is 0 Å². The van der Waals surface area contributed by atoms with Crippen LogP contribution in [0.4, 0.5) is 11.5 Å². The smallest absolute Gasteiger partial charge is 0.244 e. The summed E-state index contributed by atoms with van der Waals surface area (Å²) >= 11 is 12.3. The molecule has 1 heterocycles. The molecule has 0 unspecified atom stereocenters. The van der Waals surface area contributed by atoms with Crippen LogP contribution in [0.15, 0.2) is 72.8 Å². The van der Waals surface area contributed by atoms with Crippen molar-refractivity contribution in [1.29, 1.82) is 0 Å². The number of para-hydroxylation sites is 2. The van der Waals surface area contributed by atoms with Crippen molar-refractivity contribution < 1.29 is 4.79 Å². The van der Waals surface area contributed by atoms with Gasteiger partial charge in [-0.15, -0.1) is 0 Å². The van der Waals surface area contributed by atoms with Crippen LogP contribution in [-0.4, -0.2) is 29.5 Å². The van der Waals surface area contributed by atoms with Gasteiger partial charge < -0.3 is 10.2 Å². The fourth-order valence-corrected chi connectivity index (χ4v) is 3.65. The first-order valence-electron chi connectivity index (χ1n) is 9.30. The van der Waals surface area contributed by atoms with E-state index in [1.165, 1.54) is 0 Å². The number of hydrogen-bond donors (Lipinski definition) is 1. The number of nitrogens with one attached hydrogen (secondary N) is 1. The molecule has 30 heavy (non-hydrogen) atoms. The summed E-state index contributed by atoms with van der Waals surface area (Å²) in [6, 6.07) is 22.6. The number of amides is 1. The minimum atomic E-state index is -0.253. The number of carbonyl (C=O) groups is 1. The number of rotatable bonds is 5. The van der Waals surface area contributed by atoms with E-state index >= 15 is 0 Å². The van der Waals surface area contributed by atoms with E-state index in [-0.39, 0.29) is 12.5 Å². The van der Waals surface area contributed by atoms with Crippen LogP contribution in [0.2, 0.25) is 10.0 Å². The molecule has 0 radical (unpaired) electrons. The highest BCUT2D eigenvalue weighted by Crippen LogP contribution is 2.30. The second-order valence-electron chi connectivity index (χ2n) is 6.75. The molecule has 3 aromatic carbocycles. The number of nitrogens with zero attached hydrogens (tertiary/aromatic N) is 3. The Morgan fingerprint density at radius 2 is 1.57 bits per heavy atom. The van der Waals surface area contributed by atoms with E-state index in [9.17, 15) is 4.79 Å². The molecular weight excluding hydrogens is 419 g/mol. The summed E-state index contributed by atoms with van der Waals surface area (Å²) in [6.07, 6.45) is 0. The number of hydrogen-bond acceptors (Lipinski definition) is 4. The average molecular weight is 437 g/mol. The van der Waals surface area contributed by atoms with E-state index in [4.69, 9.17) is 28.2 Å². The molecule has 0 atom stereocenters. The number of carbonyl (C=O) groups excluding carboxylic acids is 1.